The Morgan fingerprint density at radius 3 is 2.56 bits per heavy atom. The van der Waals surface area contributed by atoms with E-state index >= 15 is 0 Å². The molecule has 2 N–H and O–H groups in total. The molecule has 7 heteroatoms. The number of benzene rings is 1. The standard InChI is InChI=1S/C18H23ClN4O.HI/c1-3-11-24-17-15(5-4-10-21-17)13-23-18(20-2)22-12-14-6-8-16(19)9-7-14;/h4-10H,3,11-13H2,1-2H3,(H2,20,22,23);1H. The van der Waals surface area contributed by atoms with Crippen molar-refractivity contribution in [1.29, 1.82) is 0 Å². The summed E-state index contributed by atoms with van der Waals surface area (Å²) in [5.74, 6) is 1.38. The SMILES string of the molecule is CCCOc1ncccc1CNC(=NC)NCc1ccc(Cl)cc1.I. The minimum absolute atomic E-state index is 0. The van der Waals surface area contributed by atoms with Crippen LogP contribution in [-0.4, -0.2) is 24.6 Å². The fourth-order valence-corrected chi connectivity index (χ4v) is 2.20. The molecule has 2 aromatic rings. The van der Waals surface area contributed by atoms with Crippen LogP contribution in [0.1, 0.15) is 24.5 Å². The summed E-state index contributed by atoms with van der Waals surface area (Å²) in [5.41, 5.74) is 2.14. The highest BCUT2D eigenvalue weighted by Gasteiger charge is 2.06. The molecule has 136 valence electrons. The molecule has 0 spiro atoms. The molecule has 0 aliphatic carbocycles. The molecule has 1 heterocycles. The number of pyridine rings is 1. The molecule has 0 fully saturated rings. The largest absolute Gasteiger partial charge is 0.477 e. The highest BCUT2D eigenvalue weighted by atomic mass is 127. The van der Waals surface area contributed by atoms with Gasteiger partial charge in [-0.25, -0.2) is 4.98 Å². The van der Waals surface area contributed by atoms with Crippen molar-refractivity contribution < 1.29 is 4.74 Å². The Hall–Kier alpha value is -1.54. The van der Waals surface area contributed by atoms with Gasteiger partial charge in [-0.05, 0) is 30.2 Å². The maximum Gasteiger partial charge on any atom is 0.218 e. The summed E-state index contributed by atoms with van der Waals surface area (Å²) in [6.07, 6.45) is 2.69. The van der Waals surface area contributed by atoms with Crippen molar-refractivity contribution in [1.82, 2.24) is 15.6 Å². The van der Waals surface area contributed by atoms with Crippen LogP contribution in [0.2, 0.25) is 5.02 Å². The van der Waals surface area contributed by atoms with E-state index in [0.717, 1.165) is 28.5 Å². The fraction of sp³-hybridized carbons (Fsp3) is 0.333. The average molecular weight is 475 g/mol. The summed E-state index contributed by atoms with van der Waals surface area (Å²) in [6, 6.07) is 11.6. The molecule has 0 unspecified atom stereocenters. The second-order valence-corrected chi connectivity index (χ2v) is 5.66. The molecule has 0 radical (unpaired) electrons. The summed E-state index contributed by atoms with van der Waals surface area (Å²) < 4.78 is 5.67. The van der Waals surface area contributed by atoms with Crippen molar-refractivity contribution in [2.75, 3.05) is 13.7 Å². The smallest absolute Gasteiger partial charge is 0.218 e. The highest BCUT2D eigenvalue weighted by Crippen LogP contribution is 2.14. The van der Waals surface area contributed by atoms with E-state index in [0.29, 0.717) is 25.6 Å². The lowest BCUT2D eigenvalue weighted by Crippen LogP contribution is -2.36. The van der Waals surface area contributed by atoms with Crippen molar-refractivity contribution >= 4 is 41.5 Å². The van der Waals surface area contributed by atoms with Crippen molar-refractivity contribution in [2.24, 2.45) is 4.99 Å². The zero-order chi connectivity index (χ0) is 17.2. The minimum Gasteiger partial charge on any atom is -0.477 e. The van der Waals surface area contributed by atoms with Gasteiger partial charge in [-0.3, -0.25) is 4.99 Å². The number of ether oxygens (including phenoxy) is 1. The molecule has 0 saturated heterocycles. The van der Waals surface area contributed by atoms with Crippen molar-refractivity contribution in [3.63, 3.8) is 0 Å². The van der Waals surface area contributed by atoms with E-state index in [1.54, 1.807) is 13.2 Å². The van der Waals surface area contributed by atoms with Gasteiger partial charge >= 0.3 is 0 Å². The third kappa shape index (κ3) is 7.48. The molecule has 0 bridgehead atoms. The number of guanidine groups is 1. The van der Waals surface area contributed by atoms with Crippen molar-refractivity contribution in [3.8, 4) is 5.88 Å². The topological polar surface area (TPSA) is 58.5 Å². The number of aliphatic imine (C=N–C) groups is 1. The molecular formula is C18H24ClIN4O. The van der Waals surface area contributed by atoms with E-state index in [-0.39, 0.29) is 24.0 Å². The molecule has 25 heavy (non-hydrogen) atoms. The second kappa shape index (κ2) is 11.9. The molecule has 1 aromatic carbocycles. The van der Waals surface area contributed by atoms with Gasteiger partial charge in [0.25, 0.3) is 0 Å². The first-order chi connectivity index (χ1) is 11.7. The lowest BCUT2D eigenvalue weighted by atomic mass is 10.2. The zero-order valence-corrected chi connectivity index (χ0v) is 17.5. The van der Waals surface area contributed by atoms with Gasteiger partial charge in [0.2, 0.25) is 5.88 Å². The number of rotatable bonds is 7. The van der Waals surface area contributed by atoms with Crippen LogP contribution in [0.25, 0.3) is 0 Å². The van der Waals surface area contributed by atoms with Crippen molar-refractivity contribution in [2.45, 2.75) is 26.4 Å². The molecule has 5 nitrogen and oxygen atoms in total. The minimum atomic E-state index is 0. The molecule has 0 aliphatic heterocycles. The molecule has 1 aromatic heterocycles. The van der Waals surface area contributed by atoms with E-state index in [1.807, 2.05) is 36.4 Å². The van der Waals surface area contributed by atoms with E-state index < -0.39 is 0 Å². The number of hydrogen-bond acceptors (Lipinski definition) is 3. The highest BCUT2D eigenvalue weighted by molar-refractivity contribution is 14.0. The lowest BCUT2D eigenvalue weighted by Gasteiger charge is -2.14. The summed E-state index contributed by atoms with van der Waals surface area (Å²) in [6.45, 7) is 3.99. The molecule has 2 rings (SSSR count). The van der Waals surface area contributed by atoms with Crippen LogP contribution in [-0.2, 0) is 13.1 Å². The van der Waals surface area contributed by atoms with Gasteiger partial charge in [0.1, 0.15) is 0 Å². The van der Waals surface area contributed by atoms with Gasteiger partial charge < -0.3 is 15.4 Å². The van der Waals surface area contributed by atoms with Crippen LogP contribution < -0.4 is 15.4 Å². The Balaban J connectivity index is 0.00000312. The maximum absolute atomic E-state index is 5.90. The van der Waals surface area contributed by atoms with E-state index in [4.69, 9.17) is 16.3 Å². The summed E-state index contributed by atoms with van der Waals surface area (Å²) >= 11 is 5.90. The van der Waals surface area contributed by atoms with Gasteiger partial charge in [0.15, 0.2) is 5.96 Å². The van der Waals surface area contributed by atoms with Crippen LogP contribution in [0.3, 0.4) is 0 Å². The van der Waals surface area contributed by atoms with E-state index in [9.17, 15) is 0 Å². The van der Waals surface area contributed by atoms with Gasteiger partial charge in [-0.15, -0.1) is 24.0 Å². The summed E-state index contributed by atoms with van der Waals surface area (Å²) in [4.78, 5) is 8.52. The Morgan fingerprint density at radius 1 is 1.16 bits per heavy atom. The number of aromatic nitrogens is 1. The van der Waals surface area contributed by atoms with Gasteiger partial charge in [-0.1, -0.05) is 36.7 Å². The summed E-state index contributed by atoms with van der Waals surface area (Å²) in [5, 5.41) is 7.28. The first-order valence-corrected chi connectivity index (χ1v) is 8.36. The monoisotopic (exact) mass is 474 g/mol. The van der Waals surface area contributed by atoms with Crippen LogP contribution in [0.15, 0.2) is 47.6 Å². The second-order valence-electron chi connectivity index (χ2n) is 5.22. The molecule has 0 saturated carbocycles. The quantitative estimate of drug-likeness (QED) is 0.362. The average Bonchev–Trinajstić information content (AvgIpc) is 2.62. The van der Waals surface area contributed by atoms with Crippen LogP contribution in [0.5, 0.6) is 5.88 Å². The van der Waals surface area contributed by atoms with E-state index in [2.05, 4.69) is 27.5 Å². The lowest BCUT2D eigenvalue weighted by molar-refractivity contribution is 0.301. The van der Waals surface area contributed by atoms with Gasteiger partial charge in [0, 0.05) is 36.9 Å². The fourth-order valence-electron chi connectivity index (χ4n) is 2.07. The summed E-state index contributed by atoms with van der Waals surface area (Å²) in [7, 11) is 1.74. The number of hydrogen-bond donors (Lipinski definition) is 2. The Labute approximate surface area is 171 Å². The number of nitrogens with one attached hydrogen (secondary N) is 2. The van der Waals surface area contributed by atoms with Crippen molar-refractivity contribution in [3.05, 3.63) is 58.7 Å². The molecule has 0 amide bonds. The van der Waals surface area contributed by atoms with Gasteiger partial charge in [0.05, 0.1) is 6.61 Å². The van der Waals surface area contributed by atoms with Crippen LogP contribution in [0, 0.1) is 0 Å². The normalized spacial score (nSPS) is 10.8. The first kappa shape index (κ1) is 21.5. The third-order valence-corrected chi connectivity index (χ3v) is 3.59. The third-order valence-electron chi connectivity index (χ3n) is 3.34. The predicted octanol–water partition coefficient (Wildman–Crippen LogP) is 4.01. The Morgan fingerprint density at radius 2 is 1.88 bits per heavy atom. The van der Waals surface area contributed by atoms with Gasteiger partial charge in [-0.2, -0.15) is 0 Å². The first-order valence-electron chi connectivity index (χ1n) is 7.98. The zero-order valence-electron chi connectivity index (χ0n) is 14.5. The maximum atomic E-state index is 5.90. The van der Waals surface area contributed by atoms with Crippen LogP contribution in [0.4, 0.5) is 0 Å². The number of halogens is 2. The Kier molecular flexibility index (Phi) is 10.3. The molecule has 0 atom stereocenters. The molecular weight excluding hydrogens is 451 g/mol. The predicted molar refractivity (Wildman–Crippen MR) is 114 cm³/mol. The molecule has 0 aliphatic rings. The number of nitrogens with zero attached hydrogens (tertiary/aromatic N) is 2. The Bertz CT molecular complexity index is 664. The van der Waals surface area contributed by atoms with E-state index in [1.165, 1.54) is 0 Å². The van der Waals surface area contributed by atoms with Crippen LogP contribution >= 0.6 is 35.6 Å².